The van der Waals surface area contributed by atoms with Gasteiger partial charge in [0.1, 0.15) is 11.5 Å². The second kappa shape index (κ2) is 9.15. The fourth-order valence-corrected chi connectivity index (χ4v) is 3.83. The third kappa shape index (κ3) is 4.68. The summed E-state index contributed by atoms with van der Waals surface area (Å²) < 4.78 is 5.61. The van der Waals surface area contributed by atoms with Gasteiger partial charge in [0.15, 0.2) is 5.82 Å². The van der Waals surface area contributed by atoms with Crippen molar-refractivity contribution in [1.82, 2.24) is 15.3 Å². The van der Waals surface area contributed by atoms with Crippen molar-refractivity contribution in [1.29, 1.82) is 0 Å². The molecule has 0 aliphatic carbocycles. The Labute approximate surface area is 166 Å². The van der Waals surface area contributed by atoms with Gasteiger partial charge in [-0.2, -0.15) is 0 Å². The zero-order chi connectivity index (χ0) is 19.2. The number of carbonyl (C=O) groups excluding carboxylic acids is 1. The number of nitrogens with zero attached hydrogens (tertiary/aromatic N) is 3. The molecule has 4 rings (SSSR count). The number of amides is 1. The lowest BCUT2D eigenvalue weighted by molar-refractivity contribution is 0.0853. The van der Waals surface area contributed by atoms with Crippen LogP contribution in [0.15, 0.2) is 36.4 Å². The molecule has 1 atom stereocenters. The number of hydrogen-bond donors (Lipinski definition) is 1. The van der Waals surface area contributed by atoms with Crippen molar-refractivity contribution in [2.75, 3.05) is 31.1 Å². The van der Waals surface area contributed by atoms with Gasteiger partial charge in [-0.25, -0.2) is 9.97 Å². The monoisotopic (exact) mass is 380 g/mol. The van der Waals surface area contributed by atoms with E-state index in [2.05, 4.69) is 15.2 Å². The van der Waals surface area contributed by atoms with Gasteiger partial charge in [0.25, 0.3) is 5.91 Å². The van der Waals surface area contributed by atoms with Crippen molar-refractivity contribution in [3.63, 3.8) is 0 Å². The zero-order valence-corrected chi connectivity index (χ0v) is 16.3. The summed E-state index contributed by atoms with van der Waals surface area (Å²) in [5, 5.41) is 2.99. The van der Waals surface area contributed by atoms with Crippen molar-refractivity contribution in [3.8, 4) is 11.4 Å². The van der Waals surface area contributed by atoms with Gasteiger partial charge in [-0.15, -0.1) is 0 Å². The van der Waals surface area contributed by atoms with Crippen LogP contribution in [0, 0.1) is 0 Å². The van der Waals surface area contributed by atoms with Gasteiger partial charge in [-0.05, 0) is 25.7 Å². The first-order valence-corrected chi connectivity index (χ1v) is 10.4. The lowest BCUT2D eigenvalue weighted by Crippen LogP contribution is -2.33. The molecule has 148 valence electrons. The van der Waals surface area contributed by atoms with E-state index < -0.39 is 0 Å². The number of benzene rings is 1. The molecule has 6 heteroatoms. The van der Waals surface area contributed by atoms with Crippen LogP contribution in [0.5, 0.6) is 0 Å². The van der Waals surface area contributed by atoms with Crippen LogP contribution in [0.2, 0.25) is 0 Å². The van der Waals surface area contributed by atoms with Crippen molar-refractivity contribution >= 4 is 11.7 Å². The highest BCUT2D eigenvalue weighted by molar-refractivity contribution is 5.93. The Hall–Kier alpha value is -2.47. The molecule has 1 amide bonds. The number of ether oxygens (including phenoxy) is 1. The highest BCUT2D eigenvalue weighted by Crippen LogP contribution is 2.23. The van der Waals surface area contributed by atoms with Crippen LogP contribution in [-0.2, 0) is 4.74 Å². The van der Waals surface area contributed by atoms with Crippen LogP contribution < -0.4 is 10.2 Å². The van der Waals surface area contributed by atoms with E-state index >= 15 is 0 Å². The first-order valence-electron chi connectivity index (χ1n) is 10.4. The maximum absolute atomic E-state index is 12.8. The predicted molar refractivity (Wildman–Crippen MR) is 109 cm³/mol. The predicted octanol–water partition coefficient (Wildman–Crippen LogP) is 3.43. The van der Waals surface area contributed by atoms with Gasteiger partial charge >= 0.3 is 0 Å². The summed E-state index contributed by atoms with van der Waals surface area (Å²) in [6.07, 6.45) is 6.99. The molecule has 2 aliphatic heterocycles. The van der Waals surface area contributed by atoms with E-state index in [4.69, 9.17) is 9.72 Å². The summed E-state index contributed by atoms with van der Waals surface area (Å²) in [6.45, 7) is 3.26. The second-order valence-corrected chi connectivity index (χ2v) is 7.55. The quantitative estimate of drug-likeness (QED) is 0.861. The Balaban J connectivity index is 1.60. The van der Waals surface area contributed by atoms with Crippen molar-refractivity contribution < 1.29 is 9.53 Å². The molecule has 2 fully saturated rings. The molecule has 0 saturated carbocycles. The molecular weight excluding hydrogens is 352 g/mol. The largest absolute Gasteiger partial charge is 0.376 e. The second-order valence-electron chi connectivity index (χ2n) is 7.55. The first-order chi connectivity index (χ1) is 13.8. The fourth-order valence-electron chi connectivity index (χ4n) is 3.83. The average Bonchev–Trinajstić information content (AvgIpc) is 3.12. The SMILES string of the molecule is O=C(NCC1CCCO1)c1cc(N2CCCCCC2)nc(-c2ccccc2)n1. The normalized spacial score (nSPS) is 20.0. The van der Waals surface area contributed by atoms with Gasteiger partial charge in [0.2, 0.25) is 0 Å². The van der Waals surface area contributed by atoms with E-state index in [1.807, 2.05) is 36.4 Å². The van der Waals surface area contributed by atoms with Gasteiger partial charge < -0.3 is 15.0 Å². The number of rotatable bonds is 5. The minimum atomic E-state index is -0.161. The molecule has 0 bridgehead atoms. The number of carbonyl (C=O) groups is 1. The minimum Gasteiger partial charge on any atom is -0.376 e. The molecule has 2 aliphatic rings. The third-order valence-corrected chi connectivity index (χ3v) is 5.42. The fraction of sp³-hybridized carbons (Fsp3) is 0.500. The summed E-state index contributed by atoms with van der Waals surface area (Å²) in [5.41, 5.74) is 1.35. The van der Waals surface area contributed by atoms with Crippen LogP contribution in [0.3, 0.4) is 0 Å². The average molecular weight is 380 g/mol. The lowest BCUT2D eigenvalue weighted by Gasteiger charge is -2.22. The maximum Gasteiger partial charge on any atom is 0.270 e. The molecule has 2 aromatic rings. The number of aromatic nitrogens is 2. The Bertz CT molecular complexity index is 782. The van der Waals surface area contributed by atoms with Crippen molar-refractivity contribution in [2.24, 2.45) is 0 Å². The van der Waals surface area contributed by atoms with E-state index in [1.165, 1.54) is 12.8 Å². The van der Waals surface area contributed by atoms with Gasteiger partial charge in [-0.3, -0.25) is 4.79 Å². The molecule has 1 N–H and O–H groups in total. The highest BCUT2D eigenvalue weighted by atomic mass is 16.5. The molecule has 2 saturated heterocycles. The molecule has 1 aromatic heterocycles. The van der Waals surface area contributed by atoms with E-state index in [1.54, 1.807) is 0 Å². The molecule has 0 spiro atoms. The topological polar surface area (TPSA) is 67.3 Å². The van der Waals surface area contributed by atoms with Crippen LogP contribution in [0.4, 0.5) is 5.82 Å². The van der Waals surface area contributed by atoms with Gasteiger partial charge in [0, 0.05) is 37.9 Å². The Morgan fingerprint density at radius 1 is 1.07 bits per heavy atom. The van der Waals surface area contributed by atoms with E-state index in [-0.39, 0.29) is 12.0 Å². The summed E-state index contributed by atoms with van der Waals surface area (Å²) >= 11 is 0. The number of nitrogens with one attached hydrogen (secondary N) is 1. The Morgan fingerprint density at radius 3 is 2.57 bits per heavy atom. The van der Waals surface area contributed by atoms with E-state index in [0.717, 1.165) is 56.8 Å². The van der Waals surface area contributed by atoms with Crippen molar-refractivity contribution in [2.45, 2.75) is 44.6 Å². The molecule has 6 nitrogen and oxygen atoms in total. The van der Waals surface area contributed by atoms with Crippen molar-refractivity contribution in [3.05, 3.63) is 42.1 Å². The first kappa shape index (κ1) is 18.9. The summed E-state index contributed by atoms with van der Waals surface area (Å²) in [4.78, 5) is 24.5. The Morgan fingerprint density at radius 2 is 1.86 bits per heavy atom. The van der Waals surface area contributed by atoms with E-state index in [0.29, 0.717) is 18.1 Å². The Kier molecular flexibility index (Phi) is 6.17. The van der Waals surface area contributed by atoms with Gasteiger partial charge in [-0.1, -0.05) is 43.2 Å². The maximum atomic E-state index is 12.8. The van der Waals surface area contributed by atoms with Crippen LogP contribution in [0.25, 0.3) is 11.4 Å². The molecular formula is C22H28N4O2. The number of hydrogen-bond acceptors (Lipinski definition) is 5. The van der Waals surface area contributed by atoms with Gasteiger partial charge in [0.05, 0.1) is 6.10 Å². The molecule has 1 aromatic carbocycles. The summed E-state index contributed by atoms with van der Waals surface area (Å²) in [6, 6.07) is 11.7. The summed E-state index contributed by atoms with van der Waals surface area (Å²) in [5.74, 6) is 1.29. The zero-order valence-electron chi connectivity index (χ0n) is 16.3. The highest BCUT2D eigenvalue weighted by Gasteiger charge is 2.20. The molecule has 0 radical (unpaired) electrons. The van der Waals surface area contributed by atoms with Crippen LogP contribution in [-0.4, -0.2) is 48.2 Å². The third-order valence-electron chi connectivity index (χ3n) is 5.42. The molecule has 1 unspecified atom stereocenters. The van der Waals surface area contributed by atoms with E-state index in [9.17, 15) is 4.79 Å². The molecule has 3 heterocycles. The molecule has 28 heavy (non-hydrogen) atoms. The summed E-state index contributed by atoms with van der Waals surface area (Å²) in [7, 11) is 0. The standard InChI is InChI=1S/C22H28N4O2/c27-22(23-16-18-11-8-14-28-18)19-15-20(26-12-6-1-2-7-13-26)25-21(24-19)17-9-4-3-5-10-17/h3-5,9-10,15,18H,1-2,6-8,11-14,16H2,(H,23,27). The van der Waals surface area contributed by atoms with Crippen LogP contribution in [0.1, 0.15) is 49.0 Å². The number of anilines is 1. The lowest BCUT2D eigenvalue weighted by atomic mass is 10.2. The smallest absolute Gasteiger partial charge is 0.270 e. The van der Waals surface area contributed by atoms with Crippen LogP contribution >= 0.6 is 0 Å². The minimum absolute atomic E-state index is 0.115.